The summed E-state index contributed by atoms with van der Waals surface area (Å²) in [4.78, 5) is 0. The van der Waals surface area contributed by atoms with Gasteiger partial charge in [0.15, 0.2) is 11.5 Å². The third-order valence-corrected chi connectivity index (χ3v) is 3.02. The average molecular weight is 223 g/mol. The van der Waals surface area contributed by atoms with Crippen molar-refractivity contribution in [1.29, 1.82) is 0 Å². The Bertz CT molecular complexity index is 367. The predicted molar refractivity (Wildman–Crippen MR) is 60.9 cm³/mol. The number of hydrogen-bond donors (Lipinski definition) is 2. The van der Waals surface area contributed by atoms with Gasteiger partial charge in [-0.2, -0.15) is 0 Å². The van der Waals surface area contributed by atoms with Gasteiger partial charge in [-0.05, 0) is 13.1 Å². The molecule has 0 amide bonds. The predicted octanol–water partition coefficient (Wildman–Crippen LogP) is 0.957. The molecule has 1 aliphatic heterocycles. The van der Waals surface area contributed by atoms with Crippen LogP contribution >= 0.6 is 0 Å². The van der Waals surface area contributed by atoms with Crippen LogP contribution < -0.4 is 14.8 Å². The van der Waals surface area contributed by atoms with Crippen LogP contribution in [0.2, 0.25) is 0 Å². The lowest BCUT2D eigenvalue weighted by Crippen LogP contribution is -2.35. The van der Waals surface area contributed by atoms with Crippen molar-refractivity contribution in [3.63, 3.8) is 0 Å². The van der Waals surface area contributed by atoms with E-state index in [1.807, 2.05) is 25.2 Å². The Morgan fingerprint density at radius 3 is 3.00 bits per heavy atom. The average Bonchev–Trinajstić information content (AvgIpc) is 2.36. The van der Waals surface area contributed by atoms with E-state index in [4.69, 9.17) is 9.47 Å². The van der Waals surface area contributed by atoms with Crippen molar-refractivity contribution in [3.05, 3.63) is 23.8 Å². The van der Waals surface area contributed by atoms with Crippen LogP contribution in [-0.4, -0.2) is 32.5 Å². The second kappa shape index (κ2) is 4.72. The summed E-state index contributed by atoms with van der Waals surface area (Å²) in [7, 11) is 3.52. The minimum Gasteiger partial charge on any atom is -0.493 e. The number of para-hydroxylation sites is 1. The summed E-state index contributed by atoms with van der Waals surface area (Å²) in [5.41, 5.74) is 1.05. The standard InChI is InChI=1S/C12H17NO3/c1-13-11-8(6-14)7-16-12-9(11)4-3-5-10(12)15-2/h3-5,8,11,13-14H,6-7H2,1-2H3/t8-,11-/m0/s1. The summed E-state index contributed by atoms with van der Waals surface area (Å²) in [6, 6.07) is 5.93. The minimum atomic E-state index is 0.0876. The fourth-order valence-electron chi connectivity index (χ4n) is 2.18. The van der Waals surface area contributed by atoms with E-state index >= 15 is 0 Å². The highest BCUT2D eigenvalue weighted by atomic mass is 16.5. The molecule has 1 aromatic rings. The number of nitrogens with one attached hydrogen (secondary N) is 1. The fourth-order valence-corrected chi connectivity index (χ4v) is 2.18. The molecule has 0 spiro atoms. The zero-order valence-corrected chi connectivity index (χ0v) is 9.56. The Morgan fingerprint density at radius 1 is 1.56 bits per heavy atom. The Labute approximate surface area is 95.2 Å². The molecule has 0 radical (unpaired) electrons. The van der Waals surface area contributed by atoms with Crippen molar-refractivity contribution in [3.8, 4) is 11.5 Å². The van der Waals surface area contributed by atoms with E-state index in [1.165, 1.54) is 0 Å². The van der Waals surface area contributed by atoms with E-state index < -0.39 is 0 Å². The molecular formula is C12H17NO3. The molecule has 0 fully saturated rings. The topological polar surface area (TPSA) is 50.7 Å². The summed E-state index contributed by atoms with van der Waals surface area (Å²) >= 11 is 0. The summed E-state index contributed by atoms with van der Waals surface area (Å²) in [5, 5.41) is 12.5. The van der Waals surface area contributed by atoms with Gasteiger partial charge < -0.3 is 19.9 Å². The first-order valence-corrected chi connectivity index (χ1v) is 5.39. The molecule has 4 heteroatoms. The van der Waals surface area contributed by atoms with Gasteiger partial charge in [0.25, 0.3) is 0 Å². The smallest absolute Gasteiger partial charge is 0.165 e. The van der Waals surface area contributed by atoms with E-state index in [-0.39, 0.29) is 18.6 Å². The Hall–Kier alpha value is -1.26. The largest absolute Gasteiger partial charge is 0.493 e. The highest BCUT2D eigenvalue weighted by Gasteiger charge is 2.30. The van der Waals surface area contributed by atoms with Gasteiger partial charge in [0.2, 0.25) is 0 Å². The lowest BCUT2D eigenvalue weighted by Gasteiger charge is -2.33. The van der Waals surface area contributed by atoms with Crippen LogP contribution in [0, 0.1) is 5.92 Å². The summed E-state index contributed by atoms with van der Waals surface area (Å²) < 4.78 is 10.9. The molecule has 0 bridgehead atoms. The first-order chi connectivity index (χ1) is 7.81. The van der Waals surface area contributed by atoms with E-state index in [0.717, 1.165) is 17.1 Å². The molecule has 4 nitrogen and oxygen atoms in total. The summed E-state index contributed by atoms with van der Waals surface area (Å²) in [5.74, 6) is 1.62. The molecule has 2 rings (SSSR count). The molecule has 2 atom stereocenters. The third kappa shape index (κ3) is 1.74. The molecule has 88 valence electrons. The number of fused-ring (bicyclic) bond motifs is 1. The van der Waals surface area contributed by atoms with Crippen molar-refractivity contribution >= 4 is 0 Å². The lowest BCUT2D eigenvalue weighted by atomic mass is 9.91. The molecule has 1 heterocycles. The van der Waals surface area contributed by atoms with E-state index in [1.54, 1.807) is 7.11 Å². The Kier molecular flexibility index (Phi) is 3.31. The van der Waals surface area contributed by atoms with Crippen molar-refractivity contribution in [2.45, 2.75) is 6.04 Å². The van der Waals surface area contributed by atoms with Gasteiger partial charge in [-0.3, -0.25) is 0 Å². The highest BCUT2D eigenvalue weighted by Crippen LogP contribution is 2.41. The van der Waals surface area contributed by atoms with Crippen molar-refractivity contribution in [2.24, 2.45) is 5.92 Å². The van der Waals surface area contributed by atoms with Gasteiger partial charge in [-0.15, -0.1) is 0 Å². The van der Waals surface area contributed by atoms with Crippen LogP contribution in [0.3, 0.4) is 0 Å². The molecule has 0 unspecified atom stereocenters. The first kappa shape index (κ1) is 11.2. The maximum absolute atomic E-state index is 9.29. The van der Waals surface area contributed by atoms with Crippen LogP contribution in [0.15, 0.2) is 18.2 Å². The SMILES string of the molecule is CN[C@@H]1c2cccc(OC)c2OC[C@@H]1CO. The minimum absolute atomic E-state index is 0.0876. The van der Waals surface area contributed by atoms with E-state index in [0.29, 0.717) is 6.61 Å². The maximum atomic E-state index is 9.29. The number of aliphatic hydroxyl groups excluding tert-OH is 1. The van der Waals surface area contributed by atoms with Crippen molar-refractivity contribution < 1.29 is 14.6 Å². The normalized spacial score (nSPS) is 23.4. The number of rotatable bonds is 3. The Morgan fingerprint density at radius 2 is 2.38 bits per heavy atom. The zero-order valence-electron chi connectivity index (χ0n) is 9.56. The number of aliphatic hydroxyl groups is 1. The second-order valence-corrected chi connectivity index (χ2v) is 3.90. The number of methoxy groups -OCH3 is 1. The molecule has 2 N–H and O–H groups in total. The number of hydrogen-bond acceptors (Lipinski definition) is 4. The van der Waals surface area contributed by atoms with Crippen LogP contribution in [0.5, 0.6) is 11.5 Å². The lowest BCUT2D eigenvalue weighted by molar-refractivity contribution is 0.111. The third-order valence-electron chi connectivity index (χ3n) is 3.02. The molecular weight excluding hydrogens is 206 g/mol. The molecule has 0 saturated carbocycles. The molecule has 16 heavy (non-hydrogen) atoms. The fraction of sp³-hybridized carbons (Fsp3) is 0.500. The first-order valence-electron chi connectivity index (χ1n) is 5.39. The summed E-state index contributed by atoms with van der Waals surface area (Å²) in [6.07, 6.45) is 0. The van der Waals surface area contributed by atoms with Gasteiger partial charge >= 0.3 is 0 Å². The Balaban J connectivity index is 2.41. The van der Waals surface area contributed by atoms with E-state index in [9.17, 15) is 5.11 Å². The van der Waals surface area contributed by atoms with E-state index in [2.05, 4.69) is 5.32 Å². The maximum Gasteiger partial charge on any atom is 0.165 e. The summed E-state index contributed by atoms with van der Waals surface area (Å²) in [6.45, 7) is 0.623. The molecule has 1 aliphatic rings. The molecule has 0 aromatic heterocycles. The monoisotopic (exact) mass is 223 g/mol. The van der Waals surface area contributed by atoms with Gasteiger partial charge in [-0.25, -0.2) is 0 Å². The van der Waals surface area contributed by atoms with Gasteiger partial charge in [0.05, 0.1) is 20.3 Å². The molecule has 0 aliphatic carbocycles. The van der Waals surface area contributed by atoms with Crippen molar-refractivity contribution in [2.75, 3.05) is 27.4 Å². The van der Waals surface area contributed by atoms with Crippen LogP contribution in [0.25, 0.3) is 0 Å². The number of ether oxygens (including phenoxy) is 2. The molecule has 1 aromatic carbocycles. The van der Waals surface area contributed by atoms with Crippen LogP contribution in [0.4, 0.5) is 0 Å². The molecule has 0 saturated heterocycles. The van der Waals surface area contributed by atoms with Crippen LogP contribution in [0.1, 0.15) is 11.6 Å². The highest BCUT2D eigenvalue weighted by molar-refractivity contribution is 5.49. The van der Waals surface area contributed by atoms with Crippen LogP contribution in [-0.2, 0) is 0 Å². The second-order valence-electron chi connectivity index (χ2n) is 3.90. The van der Waals surface area contributed by atoms with Gasteiger partial charge in [0.1, 0.15) is 0 Å². The van der Waals surface area contributed by atoms with Crippen molar-refractivity contribution in [1.82, 2.24) is 5.32 Å². The number of benzene rings is 1. The van der Waals surface area contributed by atoms with Gasteiger partial charge in [-0.1, -0.05) is 12.1 Å². The van der Waals surface area contributed by atoms with Gasteiger partial charge in [0, 0.05) is 17.5 Å². The quantitative estimate of drug-likeness (QED) is 0.801. The zero-order chi connectivity index (χ0) is 11.5.